The topological polar surface area (TPSA) is 64.6 Å². The van der Waals surface area contributed by atoms with Gasteiger partial charge in [0, 0.05) is 11.6 Å². The molecule has 0 radical (unpaired) electrons. The zero-order valence-corrected chi connectivity index (χ0v) is 15.4. The van der Waals surface area contributed by atoms with E-state index in [1.165, 1.54) is 20.1 Å². The summed E-state index contributed by atoms with van der Waals surface area (Å²) in [5.74, 6) is -0.967. The van der Waals surface area contributed by atoms with Crippen LogP contribution in [-0.2, 0) is 0 Å². The number of para-hydroxylation sites is 1. The first-order valence-electron chi connectivity index (χ1n) is 8.95. The first kappa shape index (κ1) is 18.9. The Labute approximate surface area is 157 Å². The molecule has 0 aromatic heterocycles. The smallest absolute Gasteiger partial charge is 0.258 e. The minimum Gasteiger partial charge on any atom is -0.493 e. The minimum absolute atomic E-state index is 0.0405. The highest BCUT2D eigenvalue weighted by Crippen LogP contribution is 2.34. The van der Waals surface area contributed by atoms with Crippen LogP contribution in [-0.4, -0.2) is 24.9 Å². The second kappa shape index (κ2) is 8.20. The van der Waals surface area contributed by atoms with Crippen molar-refractivity contribution in [1.29, 1.82) is 0 Å². The molecule has 1 fully saturated rings. The number of benzene rings is 2. The number of anilines is 1. The number of ether oxygens (including phenoxy) is 2. The summed E-state index contributed by atoms with van der Waals surface area (Å²) in [6, 6.07) is 9.12. The Hall–Kier alpha value is -2.89. The number of nitrogens with one attached hydrogen (secondary N) is 1. The van der Waals surface area contributed by atoms with Crippen LogP contribution in [0, 0.1) is 5.82 Å². The van der Waals surface area contributed by atoms with E-state index in [4.69, 9.17) is 9.47 Å². The fourth-order valence-electron chi connectivity index (χ4n) is 3.24. The highest BCUT2D eigenvalue weighted by Gasteiger charge is 2.22. The van der Waals surface area contributed by atoms with Crippen LogP contribution in [0.15, 0.2) is 36.4 Å². The van der Waals surface area contributed by atoms with Crippen molar-refractivity contribution in [1.82, 2.24) is 0 Å². The van der Waals surface area contributed by atoms with E-state index in [0.29, 0.717) is 17.0 Å². The molecule has 1 aliphatic rings. The summed E-state index contributed by atoms with van der Waals surface area (Å²) in [6.07, 6.45) is 4.06. The quantitative estimate of drug-likeness (QED) is 0.753. The van der Waals surface area contributed by atoms with Crippen LogP contribution in [0.5, 0.6) is 11.5 Å². The molecule has 0 unspecified atom stereocenters. The van der Waals surface area contributed by atoms with Crippen LogP contribution in [0.25, 0.3) is 0 Å². The van der Waals surface area contributed by atoms with Gasteiger partial charge in [0.25, 0.3) is 5.91 Å². The fraction of sp³-hybridized carbons (Fsp3) is 0.333. The van der Waals surface area contributed by atoms with Crippen LogP contribution in [0.1, 0.15) is 53.3 Å². The van der Waals surface area contributed by atoms with Crippen LogP contribution < -0.4 is 14.8 Å². The van der Waals surface area contributed by atoms with Crippen molar-refractivity contribution < 1.29 is 23.5 Å². The molecular weight excluding hydrogens is 349 g/mol. The van der Waals surface area contributed by atoms with Gasteiger partial charge in [-0.25, -0.2) is 4.39 Å². The molecular formula is C21H22FNO4. The van der Waals surface area contributed by atoms with Crippen molar-refractivity contribution >= 4 is 17.4 Å². The van der Waals surface area contributed by atoms with E-state index >= 15 is 0 Å². The molecule has 2 aromatic rings. The number of hydrogen-bond donors (Lipinski definition) is 1. The summed E-state index contributed by atoms with van der Waals surface area (Å²) in [4.78, 5) is 24.4. The summed E-state index contributed by atoms with van der Waals surface area (Å²) in [7, 11) is 1.43. The maximum Gasteiger partial charge on any atom is 0.258 e. The largest absolute Gasteiger partial charge is 0.493 e. The number of methoxy groups -OCH3 is 1. The number of carbonyl (C=O) groups is 2. The first-order chi connectivity index (χ1) is 13.0. The van der Waals surface area contributed by atoms with E-state index in [1.807, 2.05) is 0 Å². The Kier molecular flexibility index (Phi) is 5.74. The fourth-order valence-corrected chi connectivity index (χ4v) is 3.24. The molecule has 0 bridgehead atoms. The SMILES string of the molecule is COc1cc(F)c(C(=O)Nc2ccccc2C(C)=O)cc1OC1CCCC1. The zero-order valence-electron chi connectivity index (χ0n) is 15.4. The predicted octanol–water partition coefficient (Wildman–Crippen LogP) is 4.61. The zero-order chi connectivity index (χ0) is 19.4. The van der Waals surface area contributed by atoms with E-state index in [2.05, 4.69) is 5.32 Å². The Bertz CT molecular complexity index is 859. The molecule has 1 N–H and O–H groups in total. The van der Waals surface area contributed by atoms with Crippen LogP contribution in [0.4, 0.5) is 10.1 Å². The van der Waals surface area contributed by atoms with Gasteiger partial charge in [-0.05, 0) is 50.8 Å². The molecule has 0 atom stereocenters. The van der Waals surface area contributed by atoms with Gasteiger partial charge in [-0.1, -0.05) is 12.1 Å². The Morgan fingerprint density at radius 2 is 1.78 bits per heavy atom. The third-order valence-electron chi connectivity index (χ3n) is 4.65. The number of hydrogen-bond acceptors (Lipinski definition) is 4. The lowest BCUT2D eigenvalue weighted by Gasteiger charge is -2.17. The molecule has 2 aromatic carbocycles. The Morgan fingerprint density at radius 1 is 1.07 bits per heavy atom. The highest BCUT2D eigenvalue weighted by molar-refractivity contribution is 6.09. The molecule has 1 aliphatic carbocycles. The summed E-state index contributed by atoms with van der Waals surface area (Å²) in [5, 5.41) is 2.61. The molecule has 1 amide bonds. The third-order valence-corrected chi connectivity index (χ3v) is 4.65. The van der Waals surface area contributed by atoms with Crippen molar-refractivity contribution in [3.63, 3.8) is 0 Å². The molecule has 6 heteroatoms. The van der Waals surface area contributed by atoms with Crippen molar-refractivity contribution in [3.8, 4) is 11.5 Å². The van der Waals surface area contributed by atoms with E-state index in [1.54, 1.807) is 24.3 Å². The van der Waals surface area contributed by atoms with Gasteiger partial charge in [0.1, 0.15) is 5.82 Å². The van der Waals surface area contributed by atoms with Crippen molar-refractivity contribution in [2.75, 3.05) is 12.4 Å². The normalized spacial score (nSPS) is 14.0. The number of rotatable bonds is 6. The van der Waals surface area contributed by atoms with Gasteiger partial charge < -0.3 is 14.8 Å². The summed E-state index contributed by atoms with van der Waals surface area (Å²) in [6.45, 7) is 1.41. The van der Waals surface area contributed by atoms with Crippen LogP contribution in [0.2, 0.25) is 0 Å². The number of amides is 1. The van der Waals surface area contributed by atoms with Gasteiger partial charge in [0.05, 0.1) is 24.5 Å². The van der Waals surface area contributed by atoms with Gasteiger partial charge in [0.2, 0.25) is 0 Å². The van der Waals surface area contributed by atoms with Gasteiger partial charge in [-0.3, -0.25) is 9.59 Å². The molecule has 0 aliphatic heterocycles. The molecule has 142 valence electrons. The van der Waals surface area contributed by atoms with Crippen LogP contribution in [0.3, 0.4) is 0 Å². The van der Waals surface area contributed by atoms with Gasteiger partial charge in [-0.15, -0.1) is 0 Å². The van der Waals surface area contributed by atoms with Gasteiger partial charge in [0.15, 0.2) is 17.3 Å². The minimum atomic E-state index is -0.719. The van der Waals surface area contributed by atoms with E-state index in [0.717, 1.165) is 31.7 Å². The molecule has 27 heavy (non-hydrogen) atoms. The maximum absolute atomic E-state index is 14.5. The molecule has 3 rings (SSSR count). The second-order valence-electron chi connectivity index (χ2n) is 6.56. The molecule has 5 nitrogen and oxygen atoms in total. The monoisotopic (exact) mass is 371 g/mol. The number of ketones is 1. The van der Waals surface area contributed by atoms with Gasteiger partial charge in [-0.2, -0.15) is 0 Å². The average Bonchev–Trinajstić information content (AvgIpc) is 3.16. The maximum atomic E-state index is 14.5. The van der Waals surface area contributed by atoms with E-state index < -0.39 is 11.7 Å². The highest BCUT2D eigenvalue weighted by atomic mass is 19.1. The number of carbonyl (C=O) groups excluding carboxylic acids is 2. The summed E-state index contributed by atoms with van der Waals surface area (Å²) >= 11 is 0. The van der Waals surface area contributed by atoms with Crippen LogP contribution >= 0.6 is 0 Å². The number of Topliss-reactive ketones (excluding diaryl/α,β-unsaturated/α-hetero) is 1. The summed E-state index contributed by atoms with van der Waals surface area (Å²) < 4.78 is 25.6. The summed E-state index contributed by atoms with van der Waals surface area (Å²) in [5.41, 5.74) is 0.535. The molecule has 0 heterocycles. The van der Waals surface area contributed by atoms with Gasteiger partial charge >= 0.3 is 0 Å². The lowest BCUT2D eigenvalue weighted by molar-refractivity contribution is 0.101. The lowest BCUT2D eigenvalue weighted by Crippen LogP contribution is -2.17. The molecule has 0 saturated heterocycles. The Balaban J connectivity index is 1.89. The van der Waals surface area contributed by atoms with E-state index in [-0.39, 0.29) is 23.2 Å². The average molecular weight is 371 g/mol. The molecule has 1 saturated carbocycles. The van der Waals surface area contributed by atoms with E-state index in [9.17, 15) is 14.0 Å². The lowest BCUT2D eigenvalue weighted by atomic mass is 10.1. The number of halogens is 1. The predicted molar refractivity (Wildman–Crippen MR) is 100 cm³/mol. The standard InChI is InChI=1S/C21H22FNO4/c1-13(24)15-9-5-6-10-18(15)23-21(25)16-11-20(19(26-2)12-17(16)22)27-14-7-3-4-8-14/h5-6,9-12,14H,3-4,7-8H2,1-2H3,(H,23,25). The first-order valence-corrected chi connectivity index (χ1v) is 8.95. The van der Waals surface area contributed by atoms with Crippen molar-refractivity contribution in [2.45, 2.75) is 38.7 Å². The second-order valence-corrected chi connectivity index (χ2v) is 6.56. The third kappa shape index (κ3) is 4.27. The van der Waals surface area contributed by atoms with Crippen molar-refractivity contribution in [3.05, 3.63) is 53.3 Å². The van der Waals surface area contributed by atoms with Crippen molar-refractivity contribution in [2.24, 2.45) is 0 Å². The Morgan fingerprint density at radius 3 is 2.44 bits per heavy atom. The molecule has 0 spiro atoms.